The molecule has 3 nitrogen and oxygen atoms in total. The number of fused-ring (bicyclic) bond motifs is 2. The molecule has 3 aliphatic carbocycles. The number of terminal acetylenes is 1. The largest absolute Gasteiger partial charge is 0.363 e. The third-order valence-corrected chi connectivity index (χ3v) is 4.88. The van der Waals surface area contributed by atoms with Crippen LogP contribution in [0.3, 0.4) is 0 Å². The highest BCUT2D eigenvalue weighted by atomic mass is 16.5. The molecule has 7 atom stereocenters. The van der Waals surface area contributed by atoms with Crippen LogP contribution < -0.4 is 0 Å². The van der Waals surface area contributed by atoms with Crippen molar-refractivity contribution in [1.82, 2.24) is 0 Å². The molecule has 0 aromatic carbocycles. The molecule has 0 radical (unpaired) electrons. The first-order valence-electron chi connectivity index (χ1n) is 6.24. The smallest absolute Gasteiger partial charge is 0.165 e. The van der Waals surface area contributed by atoms with Crippen LogP contribution in [0.5, 0.6) is 0 Å². The summed E-state index contributed by atoms with van der Waals surface area (Å²) in [4.78, 5) is 12.1. The Morgan fingerprint density at radius 2 is 2.35 bits per heavy atom. The van der Waals surface area contributed by atoms with Gasteiger partial charge < -0.3 is 9.47 Å². The minimum Gasteiger partial charge on any atom is -0.363 e. The maximum absolute atomic E-state index is 12.1. The molecule has 4 aliphatic rings. The Morgan fingerprint density at radius 3 is 3.18 bits per heavy atom. The van der Waals surface area contributed by atoms with E-state index in [1.807, 2.05) is 6.08 Å². The number of hydrogen-bond donors (Lipinski definition) is 0. The zero-order chi connectivity index (χ0) is 11.6. The van der Waals surface area contributed by atoms with E-state index in [2.05, 4.69) is 12.0 Å². The van der Waals surface area contributed by atoms with Crippen LogP contribution in [0, 0.1) is 36.0 Å². The molecular weight excluding hydrogens is 216 g/mol. The van der Waals surface area contributed by atoms with E-state index in [9.17, 15) is 4.79 Å². The minimum atomic E-state index is -0.123. The van der Waals surface area contributed by atoms with Gasteiger partial charge in [-0.15, -0.1) is 6.42 Å². The third kappa shape index (κ3) is 1.08. The fourth-order valence-electron chi connectivity index (χ4n) is 4.39. The van der Waals surface area contributed by atoms with Gasteiger partial charge in [-0.3, -0.25) is 4.79 Å². The van der Waals surface area contributed by atoms with Gasteiger partial charge in [0.1, 0.15) is 12.7 Å². The van der Waals surface area contributed by atoms with Crippen molar-refractivity contribution in [2.24, 2.45) is 23.7 Å². The average Bonchev–Trinajstić information content (AvgIpc) is 2.95. The van der Waals surface area contributed by atoms with E-state index in [0.717, 1.165) is 6.42 Å². The summed E-state index contributed by atoms with van der Waals surface area (Å²) in [5.74, 6) is 4.17. The molecule has 1 aliphatic heterocycles. The lowest BCUT2D eigenvalue weighted by Crippen LogP contribution is -2.42. The van der Waals surface area contributed by atoms with Gasteiger partial charge in [-0.05, 0) is 12.3 Å². The molecule has 3 fully saturated rings. The molecule has 0 unspecified atom stereocenters. The SMILES string of the molecule is C#CCO[C@@H]1C=C[C@@H]2O[C@@H]3C(=O)[C@H]4C[C@@H]3[C@@H]2[C@H]41. The van der Waals surface area contributed by atoms with Gasteiger partial charge in [-0.1, -0.05) is 18.1 Å². The molecule has 0 aromatic rings. The van der Waals surface area contributed by atoms with Gasteiger partial charge in [-0.2, -0.15) is 0 Å². The van der Waals surface area contributed by atoms with Crippen molar-refractivity contribution in [2.75, 3.05) is 6.61 Å². The standard InChI is InChI=1S/C14H14O3/c1-2-5-16-9-3-4-10-12-8-6-7(11(9)12)13(15)14(8)17-10/h1,3-4,7-12,14H,5-6H2/t7-,8+,9+,10-,11+,12-,14-/m0/s1. The first-order valence-corrected chi connectivity index (χ1v) is 6.24. The van der Waals surface area contributed by atoms with E-state index in [-0.39, 0.29) is 24.2 Å². The highest BCUT2D eigenvalue weighted by molar-refractivity contribution is 5.90. The second-order valence-corrected chi connectivity index (χ2v) is 5.45. The Bertz CT molecular complexity index is 447. The Kier molecular flexibility index (Phi) is 1.87. The van der Waals surface area contributed by atoms with Crippen molar-refractivity contribution in [3.05, 3.63) is 12.2 Å². The van der Waals surface area contributed by atoms with Crippen LogP contribution in [0.2, 0.25) is 0 Å². The zero-order valence-corrected chi connectivity index (χ0v) is 9.41. The van der Waals surface area contributed by atoms with Crippen molar-refractivity contribution in [3.63, 3.8) is 0 Å². The minimum absolute atomic E-state index is 0.00824. The lowest BCUT2D eigenvalue weighted by Gasteiger charge is -2.35. The van der Waals surface area contributed by atoms with Crippen LogP contribution in [0.25, 0.3) is 0 Å². The molecule has 0 aromatic heterocycles. The van der Waals surface area contributed by atoms with E-state index in [1.165, 1.54) is 0 Å². The highest BCUT2D eigenvalue weighted by Crippen LogP contribution is 2.60. The number of hydrogen-bond acceptors (Lipinski definition) is 3. The lowest BCUT2D eigenvalue weighted by atomic mass is 9.71. The van der Waals surface area contributed by atoms with Crippen molar-refractivity contribution >= 4 is 5.78 Å². The van der Waals surface area contributed by atoms with Crippen LogP contribution in [-0.4, -0.2) is 30.7 Å². The molecule has 2 bridgehead atoms. The van der Waals surface area contributed by atoms with Gasteiger partial charge in [0.15, 0.2) is 5.78 Å². The molecule has 0 N–H and O–H groups in total. The molecule has 88 valence electrons. The predicted octanol–water partition coefficient (Wildman–Crippen LogP) is 0.793. The molecule has 1 heterocycles. The van der Waals surface area contributed by atoms with Crippen LogP contribution in [-0.2, 0) is 14.3 Å². The van der Waals surface area contributed by atoms with Gasteiger partial charge in [0.25, 0.3) is 0 Å². The van der Waals surface area contributed by atoms with Crippen LogP contribution in [0.1, 0.15) is 6.42 Å². The number of ether oxygens (including phenoxy) is 2. The highest BCUT2D eigenvalue weighted by Gasteiger charge is 2.67. The third-order valence-electron chi connectivity index (χ3n) is 4.88. The topological polar surface area (TPSA) is 35.5 Å². The van der Waals surface area contributed by atoms with E-state index in [1.54, 1.807) is 0 Å². The van der Waals surface area contributed by atoms with Gasteiger partial charge in [0, 0.05) is 17.8 Å². The zero-order valence-electron chi connectivity index (χ0n) is 9.41. The second-order valence-electron chi connectivity index (χ2n) is 5.45. The average molecular weight is 230 g/mol. The summed E-state index contributed by atoms with van der Waals surface area (Å²) in [5.41, 5.74) is 0. The van der Waals surface area contributed by atoms with Gasteiger partial charge >= 0.3 is 0 Å². The maximum Gasteiger partial charge on any atom is 0.165 e. The summed E-state index contributed by atoms with van der Waals surface area (Å²) in [5, 5.41) is 0. The monoisotopic (exact) mass is 230 g/mol. The summed E-state index contributed by atoms with van der Waals surface area (Å²) < 4.78 is 11.5. The predicted molar refractivity (Wildman–Crippen MR) is 60.0 cm³/mol. The Balaban J connectivity index is 1.70. The van der Waals surface area contributed by atoms with Gasteiger partial charge in [0.2, 0.25) is 0 Å². The second kappa shape index (κ2) is 3.22. The fourth-order valence-corrected chi connectivity index (χ4v) is 4.39. The molecule has 0 spiro atoms. The summed E-state index contributed by atoms with van der Waals surface area (Å²) in [7, 11) is 0. The van der Waals surface area contributed by atoms with Crippen molar-refractivity contribution in [2.45, 2.75) is 24.7 Å². The number of carbonyl (C=O) groups excluding carboxylic acids is 1. The number of ketones is 1. The molecular formula is C14H14O3. The summed E-state index contributed by atoms with van der Waals surface area (Å²) in [6, 6.07) is 0. The Morgan fingerprint density at radius 1 is 1.47 bits per heavy atom. The van der Waals surface area contributed by atoms with Crippen LogP contribution in [0.15, 0.2) is 12.2 Å². The molecule has 2 saturated carbocycles. The summed E-state index contributed by atoms with van der Waals surface area (Å²) >= 11 is 0. The Hall–Kier alpha value is -1.11. The quantitative estimate of drug-likeness (QED) is 0.520. The number of rotatable bonds is 2. The molecule has 17 heavy (non-hydrogen) atoms. The molecule has 1 saturated heterocycles. The first-order chi connectivity index (χ1) is 8.31. The first kappa shape index (κ1) is 9.87. The van der Waals surface area contributed by atoms with Crippen molar-refractivity contribution < 1.29 is 14.3 Å². The number of carbonyl (C=O) groups is 1. The number of Topliss-reactive ketones (excluding diaryl/α,β-unsaturated/α-hetero) is 1. The molecule has 3 heteroatoms. The van der Waals surface area contributed by atoms with Crippen molar-refractivity contribution in [3.8, 4) is 12.3 Å². The molecule has 0 amide bonds. The van der Waals surface area contributed by atoms with E-state index >= 15 is 0 Å². The lowest BCUT2D eigenvalue weighted by molar-refractivity contribution is -0.132. The fraction of sp³-hybridized carbons (Fsp3) is 0.643. The van der Waals surface area contributed by atoms with E-state index in [4.69, 9.17) is 15.9 Å². The van der Waals surface area contributed by atoms with Crippen molar-refractivity contribution in [1.29, 1.82) is 0 Å². The van der Waals surface area contributed by atoms with E-state index in [0.29, 0.717) is 30.1 Å². The summed E-state index contributed by atoms with van der Waals surface area (Å²) in [6.07, 6.45) is 10.4. The van der Waals surface area contributed by atoms with Gasteiger partial charge in [0.05, 0.1) is 12.2 Å². The van der Waals surface area contributed by atoms with Gasteiger partial charge in [-0.25, -0.2) is 0 Å². The van der Waals surface area contributed by atoms with Crippen LogP contribution >= 0.6 is 0 Å². The normalized spacial score (nSPS) is 53.1. The van der Waals surface area contributed by atoms with Crippen LogP contribution in [0.4, 0.5) is 0 Å². The maximum atomic E-state index is 12.1. The molecule has 4 rings (SSSR count). The Labute approximate surface area is 100 Å². The van der Waals surface area contributed by atoms with E-state index < -0.39 is 0 Å². The summed E-state index contributed by atoms with van der Waals surface area (Å²) in [6.45, 7) is 0.318.